The number of aromatic nitrogens is 2. The van der Waals surface area contributed by atoms with Gasteiger partial charge in [0.15, 0.2) is 6.23 Å². The highest BCUT2D eigenvalue weighted by Crippen LogP contribution is 2.41. The predicted molar refractivity (Wildman–Crippen MR) is 129 cm³/mol. The predicted octanol–water partition coefficient (Wildman–Crippen LogP) is 6.06. The van der Waals surface area contributed by atoms with Crippen LogP contribution in [0, 0.1) is 0 Å². The van der Waals surface area contributed by atoms with Crippen molar-refractivity contribution in [2.24, 2.45) is 0 Å². The zero-order valence-electron chi connectivity index (χ0n) is 19.5. The van der Waals surface area contributed by atoms with Crippen molar-refractivity contribution in [2.45, 2.75) is 56.5 Å². The molecule has 2 unspecified atom stereocenters. The van der Waals surface area contributed by atoms with Crippen molar-refractivity contribution in [3.8, 4) is 10.4 Å². The molecule has 0 spiro atoms. The van der Waals surface area contributed by atoms with Gasteiger partial charge in [0, 0.05) is 35.5 Å². The van der Waals surface area contributed by atoms with Crippen LogP contribution in [0.5, 0.6) is 0 Å². The Balaban J connectivity index is 1.74. The van der Waals surface area contributed by atoms with Crippen molar-refractivity contribution >= 4 is 38.9 Å². The number of fused-ring (bicyclic) bond motifs is 1. The Morgan fingerprint density at radius 1 is 1.31 bits per heavy atom. The number of ether oxygens (including phenoxy) is 1. The van der Waals surface area contributed by atoms with Crippen molar-refractivity contribution in [1.29, 1.82) is 0 Å². The van der Waals surface area contributed by atoms with Crippen molar-refractivity contribution in [3.05, 3.63) is 57.7 Å². The number of alkyl halides is 3. The molecule has 0 fully saturated rings. The van der Waals surface area contributed by atoms with Crippen molar-refractivity contribution < 1.29 is 31.1 Å². The molecule has 36 heavy (non-hydrogen) atoms. The van der Waals surface area contributed by atoms with E-state index in [-0.39, 0.29) is 5.56 Å². The molecule has 1 aromatic carbocycles. The molecule has 1 aliphatic rings. The van der Waals surface area contributed by atoms with Crippen LogP contribution in [0.15, 0.2) is 40.7 Å². The number of hydrogen-bond donors (Lipinski definition) is 0. The van der Waals surface area contributed by atoms with E-state index in [2.05, 4.69) is 5.10 Å². The zero-order chi connectivity index (χ0) is 26.4. The third-order valence-electron chi connectivity index (χ3n) is 6.06. The van der Waals surface area contributed by atoms with E-state index in [4.69, 9.17) is 16.3 Å². The van der Waals surface area contributed by atoms with E-state index in [0.29, 0.717) is 40.8 Å². The number of hydrogen-bond acceptors (Lipinski definition) is 6. The number of carbonyl (C=O) groups excluding carboxylic acids is 1. The van der Waals surface area contributed by atoms with Crippen LogP contribution in [0.3, 0.4) is 0 Å². The number of esters is 1. The highest BCUT2D eigenvalue weighted by atomic mass is 35.5. The first kappa shape index (κ1) is 26.6. The van der Waals surface area contributed by atoms with Gasteiger partial charge in [0.05, 0.1) is 27.7 Å². The third kappa shape index (κ3) is 5.17. The molecule has 0 aliphatic heterocycles. The first-order chi connectivity index (χ1) is 16.8. The van der Waals surface area contributed by atoms with Gasteiger partial charge in [0.1, 0.15) is 0 Å². The van der Waals surface area contributed by atoms with E-state index in [9.17, 15) is 26.4 Å². The second kappa shape index (κ2) is 9.81. The molecule has 194 valence electrons. The number of carbonyl (C=O) groups is 1. The minimum absolute atomic E-state index is 0.112. The van der Waals surface area contributed by atoms with E-state index < -0.39 is 44.9 Å². The number of rotatable bonds is 6. The summed E-state index contributed by atoms with van der Waals surface area (Å²) in [5.74, 6) is -0.480. The molecule has 13 heteroatoms. The van der Waals surface area contributed by atoms with Gasteiger partial charge < -0.3 is 4.74 Å². The Hall–Kier alpha value is -2.41. The van der Waals surface area contributed by atoms with Crippen LogP contribution in [0.25, 0.3) is 10.4 Å². The summed E-state index contributed by atoms with van der Waals surface area (Å²) in [5, 5.41) is 6.21. The number of nitrogens with zero attached hydrogens (tertiary/aromatic N) is 3. The van der Waals surface area contributed by atoms with Gasteiger partial charge in [-0.15, -0.1) is 11.3 Å². The van der Waals surface area contributed by atoms with Crippen LogP contribution in [-0.2, 0) is 32.2 Å². The van der Waals surface area contributed by atoms with Gasteiger partial charge in [0.25, 0.3) is 0 Å². The average Bonchev–Trinajstić information content (AvgIpc) is 3.43. The summed E-state index contributed by atoms with van der Waals surface area (Å²) in [7, 11) is -2.98. The highest BCUT2D eigenvalue weighted by Gasteiger charge is 2.37. The topological polar surface area (TPSA) is 81.5 Å². The Labute approximate surface area is 215 Å². The van der Waals surface area contributed by atoms with Gasteiger partial charge in [-0.2, -0.15) is 22.6 Å². The largest absolute Gasteiger partial charge is 0.440 e. The van der Waals surface area contributed by atoms with Crippen molar-refractivity contribution in [3.63, 3.8) is 0 Å². The first-order valence-corrected chi connectivity index (χ1v) is 13.7. The lowest BCUT2D eigenvalue weighted by Crippen LogP contribution is -2.33. The standard InChI is InChI=1S/C23H23ClF3N3O4S2/c1-13(34-14(2)31)30-21-6-4-5-20(19(21)11-28-30)29(3)36(32,33)18-8-15(22-10-17(24)12-35-22)7-16(9-18)23(25,26)27/h7-13,20H,4-6H2,1-3H3. The summed E-state index contributed by atoms with van der Waals surface area (Å²) >= 11 is 7.07. The number of thiophene rings is 1. The van der Waals surface area contributed by atoms with Crippen LogP contribution in [0.1, 0.15) is 55.8 Å². The van der Waals surface area contributed by atoms with E-state index in [1.54, 1.807) is 12.3 Å². The van der Waals surface area contributed by atoms with Crippen LogP contribution >= 0.6 is 22.9 Å². The quantitative estimate of drug-likeness (QED) is 0.342. The summed E-state index contributed by atoms with van der Waals surface area (Å²) in [4.78, 5) is 11.3. The number of halogens is 4. The molecular weight excluding hydrogens is 539 g/mol. The molecule has 0 saturated heterocycles. The lowest BCUT2D eigenvalue weighted by atomic mass is 9.93. The summed E-state index contributed by atoms with van der Waals surface area (Å²) in [6.07, 6.45) is -2.23. The maximum absolute atomic E-state index is 13.7. The second-order valence-corrected chi connectivity index (χ2v) is 11.8. The van der Waals surface area contributed by atoms with Gasteiger partial charge in [-0.1, -0.05) is 11.6 Å². The van der Waals surface area contributed by atoms with E-state index in [1.807, 2.05) is 0 Å². The Kier molecular flexibility index (Phi) is 7.26. The molecule has 0 N–H and O–H groups in total. The lowest BCUT2D eigenvalue weighted by Gasteiger charge is -2.31. The molecule has 4 rings (SSSR count). The Bertz CT molecular complexity index is 1400. The molecule has 0 bridgehead atoms. The molecule has 0 radical (unpaired) electrons. The number of benzene rings is 1. The highest BCUT2D eigenvalue weighted by molar-refractivity contribution is 7.89. The fourth-order valence-electron chi connectivity index (χ4n) is 4.39. The first-order valence-electron chi connectivity index (χ1n) is 11.0. The maximum Gasteiger partial charge on any atom is 0.416 e. The summed E-state index contributed by atoms with van der Waals surface area (Å²) in [5.41, 5.74) is 0.397. The van der Waals surface area contributed by atoms with Gasteiger partial charge in [-0.25, -0.2) is 13.1 Å². The molecule has 1 aliphatic carbocycles. The fourth-order valence-corrected chi connectivity index (χ4v) is 6.89. The molecule has 7 nitrogen and oxygen atoms in total. The minimum Gasteiger partial charge on any atom is -0.440 e. The molecule has 3 aromatic rings. The fraction of sp³-hybridized carbons (Fsp3) is 0.391. The summed E-state index contributed by atoms with van der Waals surface area (Å²) < 4.78 is 76.2. The monoisotopic (exact) mass is 561 g/mol. The smallest absolute Gasteiger partial charge is 0.416 e. The summed E-state index contributed by atoms with van der Waals surface area (Å²) in [6, 6.07) is 3.65. The number of sulfonamides is 1. The zero-order valence-corrected chi connectivity index (χ0v) is 21.9. The van der Waals surface area contributed by atoms with E-state index in [0.717, 1.165) is 27.4 Å². The van der Waals surface area contributed by atoms with Gasteiger partial charge >= 0.3 is 12.1 Å². The Morgan fingerprint density at radius 3 is 2.64 bits per heavy atom. The Morgan fingerprint density at radius 2 is 2.03 bits per heavy atom. The molecule has 2 atom stereocenters. The molecule has 2 aromatic heterocycles. The molecule has 0 saturated carbocycles. The van der Waals surface area contributed by atoms with Crippen molar-refractivity contribution in [1.82, 2.24) is 14.1 Å². The third-order valence-corrected chi connectivity index (χ3v) is 9.23. The van der Waals surface area contributed by atoms with Crippen LogP contribution < -0.4 is 0 Å². The van der Waals surface area contributed by atoms with Crippen molar-refractivity contribution in [2.75, 3.05) is 7.05 Å². The lowest BCUT2D eigenvalue weighted by molar-refractivity contribution is -0.150. The minimum atomic E-state index is -4.74. The van der Waals surface area contributed by atoms with Gasteiger partial charge in [-0.3, -0.25) is 4.79 Å². The summed E-state index contributed by atoms with van der Waals surface area (Å²) in [6.45, 7) is 2.93. The molecular formula is C23H23ClF3N3O4S2. The van der Waals surface area contributed by atoms with Gasteiger partial charge in [-0.05, 0) is 56.0 Å². The second-order valence-electron chi connectivity index (χ2n) is 8.50. The van der Waals surface area contributed by atoms with Crippen LogP contribution in [0.2, 0.25) is 5.02 Å². The maximum atomic E-state index is 13.7. The normalized spacial score (nSPS) is 17.2. The SMILES string of the molecule is CC(=O)OC(C)n1ncc2c1CCCC2N(C)S(=O)(=O)c1cc(-c2cc(Cl)cs2)cc(C(F)(F)F)c1. The average molecular weight is 562 g/mol. The van der Waals surface area contributed by atoms with Crippen LogP contribution in [0.4, 0.5) is 13.2 Å². The van der Waals surface area contributed by atoms with E-state index >= 15 is 0 Å². The van der Waals surface area contributed by atoms with Crippen LogP contribution in [-0.4, -0.2) is 35.5 Å². The van der Waals surface area contributed by atoms with E-state index in [1.165, 1.54) is 37.0 Å². The molecule has 2 heterocycles. The van der Waals surface area contributed by atoms with Gasteiger partial charge in [0.2, 0.25) is 10.0 Å². The molecule has 0 amide bonds.